The number of pyridine rings is 1. The van der Waals surface area contributed by atoms with E-state index in [1.807, 2.05) is 12.4 Å². The molecule has 2 amide bonds. The van der Waals surface area contributed by atoms with Crippen molar-refractivity contribution in [1.82, 2.24) is 25.5 Å². The predicted molar refractivity (Wildman–Crippen MR) is 118 cm³/mol. The lowest BCUT2D eigenvalue weighted by molar-refractivity contribution is 0.249. The molecule has 158 valence electrons. The maximum absolute atomic E-state index is 13.1. The van der Waals surface area contributed by atoms with E-state index in [1.165, 1.54) is 17.0 Å². The first-order valence-electron chi connectivity index (χ1n) is 9.90. The highest BCUT2D eigenvalue weighted by Gasteiger charge is 2.22. The van der Waals surface area contributed by atoms with Gasteiger partial charge in [0, 0.05) is 30.1 Å². The summed E-state index contributed by atoms with van der Waals surface area (Å²) in [5, 5.41) is 14.0. The van der Waals surface area contributed by atoms with E-state index in [2.05, 4.69) is 35.7 Å². The highest BCUT2D eigenvalue weighted by molar-refractivity contribution is 7.09. The van der Waals surface area contributed by atoms with Crippen LogP contribution in [-0.2, 0) is 13.0 Å². The summed E-state index contributed by atoms with van der Waals surface area (Å²) < 4.78 is 13.1. The molecule has 0 saturated carbocycles. The van der Waals surface area contributed by atoms with E-state index in [9.17, 15) is 9.18 Å². The number of amides is 2. The molecule has 1 aromatic carbocycles. The van der Waals surface area contributed by atoms with Crippen molar-refractivity contribution >= 4 is 39.9 Å². The van der Waals surface area contributed by atoms with Crippen LogP contribution in [0.1, 0.15) is 29.1 Å². The Balaban J connectivity index is 1.27. The van der Waals surface area contributed by atoms with Gasteiger partial charge in [-0.2, -0.15) is 5.10 Å². The fraction of sp³-hybridized carbons (Fsp3) is 0.238. The standard InChI is InChI=1S/C21H20FN7OS/c1-12(13-2-4-14(22)5-3-13)25-21(30)26-19-8-16-15(9-23-19)20(28-27-16)29-7-6-18-17(10-29)24-11-31-18/h2-5,8-9,11-12H,6-7,10H2,1H3,(H,27,28)(H2,23,25,26,30). The van der Waals surface area contributed by atoms with Crippen molar-refractivity contribution in [2.75, 3.05) is 16.8 Å². The van der Waals surface area contributed by atoms with Crippen LogP contribution >= 0.6 is 11.3 Å². The van der Waals surface area contributed by atoms with Crippen LogP contribution in [-0.4, -0.2) is 32.7 Å². The Morgan fingerprint density at radius 3 is 2.97 bits per heavy atom. The summed E-state index contributed by atoms with van der Waals surface area (Å²) in [6.07, 6.45) is 2.66. The number of nitrogens with zero attached hydrogens (tertiary/aromatic N) is 4. The minimum absolute atomic E-state index is 0.280. The van der Waals surface area contributed by atoms with E-state index < -0.39 is 6.03 Å². The Hall–Kier alpha value is -3.53. The summed E-state index contributed by atoms with van der Waals surface area (Å²) >= 11 is 1.70. The van der Waals surface area contributed by atoms with Crippen LogP contribution in [0.3, 0.4) is 0 Å². The molecule has 1 atom stereocenters. The monoisotopic (exact) mass is 437 g/mol. The Morgan fingerprint density at radius 1 is 1.29 bits per heavy atom. The summed E-state index contributed by atoms with van der Waals surface area (Å²) in [6.45, 7) is 3.43. The second-order valence-corrected chi connectivity index (χ2v) is 8.37. The summed E-state index contributed by atoms with van der Waals surface area (Å²) in [4.78, 5) is 24.7. The number of benzene rings is 1. The number of nitrogens with one attached hydrogen (secondary N) is 3. The quantitative estimate of drug-likeness (QED) is 0.448. The summed E-state index contributed by atoms with van der Waals surface area (Å²) in [5.74, 6) is 0.933. The number of thiazole rings is 1. The second kappa shape index (κ2) is 7.95. The number of aromatic nitrogens is 4. The maximum atomic E-state index is 13.1. The first-order valence-corrected chi connectivity index (χ1v) is 10.8. The first-order chi connectivity index (χ1) is 15.1. The van der Waals surface area contributed by atoms with Crippen molar-refractivity contribution in [3.63, 3.8) is 0 Å². The van der Waals surface area contributed by atoms with E-state index in [0.717, 1.165) is 47.5 Å². The third-order valence-corrected chi connectivity index (χ3v) is 6.30. The van der Waals surface area contributed by atoms with E-state index in [-0.39, 0.29) is 11.9 Å². The fourth-order valence-electron chi connectivity index (χ4n) is 3.70. The second-order valence-electron chi connectivity index (χ2n) is 7.43. The zero-order valence-corrected chi connectivity index (χ0v) is 17.5. The highest BCUT2D eigenvalue weighted by atomic mass is 32.1. The van der Waals surface area contributed by atoms with Gasteiger partial charge in [0.05, 0.1) is 34.7 Å². The summed E-state index contributed by atoms with van der Waals surface area (Å²) in [6, 6.07) is 7.11. The highest BCUT2D eigenvalue weighted by Crippen LogP contribution is 2.30. The number of anilines is 2. The normalized spacial score (nSPS) is 14.3. The van der Waals surface area contributed by atoms with Gasteiger partial charge in [0.2, 0.25) is 0 Å². The van der Waals surface area contributed by atoms with Gasteiger partial charge in [0.1, 0.15) is 11.6 Å². The molecule has 3 aromatic heterocycles. The van der Waals surface area contributed by atoms with E-state index in [0.29, 0.717) is 5.82 Å². The fourth-order valence-corrected chi connectivity index (χ4v) is 4.47. The Morgan fingerprint density at radius 2 is 2.13 bits per heavy atom. The predicted octanol–water partition coefficient (Wildman–Crippen LogP) is 4.00. The average molecular weight is 438 g/mol. The Labute approximate surface area is 181 Å². The Kier molecular flexibility index (Phi) is 4.99. The van der Waals surface area contributed by atoms with Crippen LogP contribution in [0.4, 0.5) is 20.8 Å². The molecule has 0 fully saturated rings. The number of halogens is 1. The minimum atomic E-state index is -0.393. The SMILES string of the molecule is CC(NC(=O)Nc1cc2[nH]nc(N3CCc4scnc4C3)c2cn1)c1ccc(F)cc1. The van der Waals surface area contributed by atoms with Gasteiger partial charge in [-0.3, -0.25) is 10.4 Å². The van der Waals surface area contributed by atoms with Gasteiger partial charge in [-0.05, 0) is 24.6 Å². The number of urea groups is 1. The zero-order chi connectivity index (χ0) is 21.4. The number of fused-ring (bicyclic) bond motifs is 2. The van der Waals surface area contributed by atoms with Gasteiger partial charge in [-0.15, -0.1) is 11.3 Å². The third-order valence-electron chi connectivity index (χ3n) is 5.36. The molecule has 1 aliphatic rings. The van der Waals surface area contributed by atoms with E-state index in [1.54, 1.807) is 35.7 Å². The zero-order valence-electron chi connectivity index (χ0n) is 16.7. The molecular weight excluding hydrogens is 417 g/mol. The van der Waals surface area contributed by atoms with Crippen LogP contribution < -0.4 is 15.5 Å². The first kappa shape index (κ1) is 19.4. The molecule has 4 aromatic rings. The lowest BCUT2D eigenvalue weighted by atomic mass is 10.1. The van der Waals surface area contributed by atoms with Gasteiger partial charge in [0.25, 0.3) is 0 Å². The van der Waals surface area contributed by atoms with Gasteiger partial charge >= 0.3 is 6.03 Å². The number of carbonyl (C=O) groups excluding carboxylic acids is 1. The average Bonchev–Trinajstić information content (AvgIpc) is 3.40. The molecule has 0 bridgehead atoms. The minimum Gasteiger partial charge on any atom is -0.348 e. The van der Waals surface area contributed by atoms with Crippen molar-refractivity contribution < 1.29 is 9.18 Å². The topological polar surface area (TPSA) is 98.8 Å². The lowest BCUT2D eigenvalue weighted by Gasteiger charge is -2.26. The molecule has 3 N–H and O–H groups in total. The number of hydrogen-bond donors (Lipinski definition) is 3. The largest absolute Gasteiger partial charge is 0.348 e. The molecule has 0 spiro atoms. The molecule has 4 heterocycles. The third kappa shape index (κ3) is 3.93. The van der Waals surface area contributed by atoms with Crippen LogP contribution in [0.15, 0.2) is 42.0 Å². The van der Waals surface area contributed by atoms with Crippen LogP contribution in [0, 0.1) is 5.82 Å². The van der Waals surface area contributed by atoms with E-state index >= 15 is 0 Å². The summed E-state index contributed by atoms with van der Waals surface area (Å²) in [5.41, 5.74) is 4.59. The van der Waals surface area contributed by atoms with Crippen molar-refractivity contribution in [1.29, 1.82) is 0 Å². The van der Waals surface area contributed by atoms with Gasteiger partial charge in [-0.25, -0.2) is 19.2 Å². The number of aromatic amines is 1. The molecular formula is C21H20FN7OS. The number of H-pyrrole nitrogens is 1. The van der Waals surface area contributed by atoms with Crippen LogP contribution in [0.2, 0.25) is 0 Å². The van der Waals surface area contributed by atoms with Crippen LogP contribution in [0.25, 0.3) is 10.9 Å². The maximum Gasteiger partial charge on any atom is 0.320 e. The molecule has 1 aliphatic heterocycles. The van der Waals surface area contributed by atoms with Crippen molar-refractivity contribution in [3.8, 4) is 0 Å². The smallest absolute Gasteiger partial charge is 0.320 e. The summed E-state index contributed by atoms with van der Waals surface area (Å²) in [7, 11) is 0. The molecule has 10 heteroatoms. The molecule has 1 unspecified atom stereocenters. The van der Waals surface area contributed by atoms with Gasteiger partial charge < -0.3 is 10.2 Å². The molecule has 5 rings (SSSR count). The molecule has 31 heavy (non-hydrogen) atoms. The Bertz CT molecular complexity index is 1240. The van der Waals surface area contributed by atoms with Crippen LogP contribution in [0.5, 0.6) is 0 Å². The molecule has 8 nitrogen and oxygen atoms in total. The van der Waals surface area contributed by atoms with Crippen molar-refractivity contribution in [2.45, 2.75) is 25.9 Å². The van der Waals surface area contributed by atoms with Crippen molar-refractivity contribution in [3.05, 3.63) is 64.0 Å². The number of rotatable bonds is 4. The number of hydrogen-bond acceptors (Lipinski definition) is 6. The number of carbonyl (C=O) groups is 1. The van der Waals surface area contributed by atoms with Gasteiger partial charge in [-0.1, -0.05) is 12.1 Å². The van der Waals surface area contributed by atoms with Crippen molar-refractivity contribution in [2.24, 2.45) is 0 Å². The van der Waals surface area contributed by atoms with E-state index in [4.69, 9.17) is 0 Å². The molecule has 0 saturated heterocycles. The lowest BCUT2D eigenvalue weighted by Crippen LogP contribution is -2.31. The molecule has 0 aliphatic carbocycles. The van der Waals surface area contributed by atoms with Gasteiger partial charge in [0.15, 0.2) is 5.82 Å². The molecule has 0 radical (unpaired) electrons.